The minimum Gasteiger partial charge on any atom is -0.484 e. The van der Waals surface area contributed by atoms with Gasteiger partial charge in [0.15, 0.2) is 11.6 Å². The average Bonchev–Trinajstić information content (AvgIpc) is 2.89. The summed E-state index contributed by atoms with van der Waals surface area (Å²) in [6.07, 6.45) is 1.62. The van der Waals surface area contributed by atoms with Crippen LogP contribution in [0, 0.1) is 0 Å². The van der Waals surface area contributed by atoms with Gasteiger partial charge in [-0.3, -0.25) is 4.79 Å². The number of nitrogens with zero attached hydrogens (tertiary/aromatic N) is 3. The SMILES string of the molecule is CC(=O)c1ccc2ccccc2c1OCc1nncn1C. The van der Waals surface area contributed by atoms with Crippen molar-refractivity contribution in [3.63, 3.8) is 0 Å². The van der Waals surface area contributed by atoms with Crippen LogP contribution in [0.1, 0.15) is 23.1 Å². The van der Waals surface area contributed by atoms with Crippen molar-refractivity contribution in [1.29, 1.82) is 0 Å². The van der Waals surface area contributed by atoms with Gasteiger partial charge in [-0.2, -0.15) is 0 Å². The van der Waals surface area contributed by atoms with Crippen LogP contribution < -0.4 is 4.74 Å². The Morgan fingerprint density at radius 1 is 1.24 bits per heavy atom. The molecule has 5 heteroatoms. The van der Waals surface area contributed by atoms with Crippen LogP contribution >= 0.6 is 0 Å². The number of hydrogen-bond donors (Lipinski definition) is 0. The molecule has 0 atom stereocenters. The molecule has 0 radical (unpaired) electrons. The van der Waals surface area contributed by atoms with E-state index >= 15 is 0 Å². The summed E-state index contributed by atoms with van der Waals surface area (Å²) in [5.41, 5.74) is 0.580. The molecule has 0 unspecified atom stereocenters. The molecule has 0 bridgehead atoms. The molecule has 0 spiro atoms. The van der Waals surface area contributed by atoms with Crippen LogP contribution in [0.3, 0.4) is 0 Å². The van der Waals surface area contributed by atoms with Gasteiger partial charge >= 0.3 is 0 Å². The van der Waals surface area contributed by atoms with Gasteiger partial charge in [-0.15, -0.1) is 10.2 Å². The number of carbonyl (C=O) groups is 1. The number of benzene rings is 2. The lowest BCUT2D eigenvalue weighted by atomic mass is 10.0. The first-order chi connectivity index (χ1) is 10.2. The number of carbonyl (C=O) groups excluding carboxylic acids is 1. The second kappa shape index (κ2) is 5.36. The quantitative estimate of drug-likeness (QED) is 0.690. The van der Waals surface area contributed by atoms with E-state index in [4.69, 9.17) is 4.74 Å². The van der Waals surface area contributed by atoms with Gasteiger partial charge in [0.2, 0.25) is 0 Å². The highest BCUT2D eigenvalue weighted by Gasteiger charge is 2.13. The van der Waals surface area contributed by atoms with E-state index in [1.807, 2.05) is 37.4 Å². The molecule has 3 aromatic rings. The topological polar surface area (TPSA) is 57.0 Å². The fraction of sp³-hybridized carbons (Fsp3) is 0.188. The zero-order valence-electron chi connectivity index (χ0n) is 11.9. The van der Waals surface area contributed by atoms with Crippen molar-refractivity contribution in [2.75, 3.05) is 0 Å². The van der Waals surface area contributed by atoms with Crippen molar-refractivity contribution >= 4 is 16.6 Å². The molecule has 3 rings (SSSR count). The molecule has 0 saturated heterocycles. The highest BCUT2D eigenvalue weighted by atomic mass is 16.5. The standard InChI is InChI=1S/C16H15N3O2/c1-11(20)13-8-7-12-5-3-4-6-14(12)16(13)21-9-15-18-17-10-19(15)2/h3-8,10H,9H2,1-2H3. The molecule has 0 aliphatic heterocycles. The van der Waals surface area contributed by atoms with E-state index in [0.29, 0.717) is 17.1 Å². The Morgan fingerprint density at radius 2 is 2.05 bits per heavy atom. The van der Waals surface area contributed by atoms with E-state index in [2.05, 4.69) is 10.2 Å². The molecule has 0 aliphatic carbocycles. The van der Waals surface area contributed by atoms with Crippen LogP contribution in [0.2, 0.25) is 0 Å². The lowest BCUT2D eigenvalue weighted by Crippen LogP contribution is -2.06. The summed E-state index contributed by atoms with van der Waals surface area (Å²) in [4.78, 5) is 11.8. The summed E-state index contributed by atoms with van der Waals surface area (Å²) in [6, 6.07) is 11.6. The van der Waals surface area contributed by atoms with E-state index in [1.54, 1.807) is 23.9 Å². The van der Waals surface area contributed by atoms with Gasteiger partial charge in [0.05, 0.1) is 5.56 Å². The summed E-state index contributed by atoms with van der Waals surface area (Å²) >= 11 is 0. The first-order valence-corrected chi connectivity index (χ1v) is 6.65. The Kier molecular flexibility index (Phi) is 3.39. The third-order valence-electron chi connectivity index (χ3n) is 3.41. The van der Waals surface area contributed by atoms with Crippen LogP contribution in [-0.4, -0.2) is 20.5 Å². The predicted molar refractivity (Wildman–Crippen MR) is 79.3 cm³/mol. The third-order valence-corrected chi connectivity index (χ3v) is 3.41. The van der Waals surface area contributed by atoms with Crippen LogP contribution in [0.25, 0.3) is 10.8 Å². The van der Waals surface area contributed by atoms with Crippen molar-refractivity contribution in [3.8, 4) is 5.75 Å². The molecule has 0 saturated carbocycles. The summed E-state index contributed by atoms with van der Waals surface area (Å²) < 4.78 is 7.68. The van der Waals surface area contributed by atoms with Crippen LogP contribution in [0.4, 0.5) is 0 Å². The maximum absolute atomic E-state index is 11.8. The number of aryl methyl sites for hydroxylation is 1. The van der Waals surface area contributed by atoms with Gasteiger partial charge in [-0.05, 0) is 18.4 Å². The highest BCUT2D eigenvalue weighted by Crippen LogP contribution is 2.30. The van der Waals surface area contributed by atoms with Gasteiger partial charge in [0.1, 0.15) is 18.7 Å². The maximum atomic E-state index is 11.8. The zero-order valence-corrected chi connectivity index (χ0v) is 11.9. The maximum Gasteiger partial charge on any atom is 0.170 e. The first-order valence-electron chi connectivity index (χ1n) is 6.65. The normalized spacial score (nSPS) is 10.8. The fourth-order valence-corrected chi connectivity index (χ4v) is 2.25. The first kappa shape index (κ1) is 13.3. The molecular weight excluding hydrogens is 266 g/mol. The third kappa shape index (κ3) is 2.50. The molecule has 21 heavy (non-hydrogen) atoms. The Hall–Kier alpha value is -2.69. The number of rotatable bonds is 4. The van der Waals surface area contributed by atoms with E-state index in [1.165, 1.54) is 0 Å². The van der Waals surface area contributed by atoms with E-state index in [9.17, 15) is 4.79 Å². The molecular formula is C16H15N3O2. The molecule has 1 aromatic heterocycles. The second-order valence-corrected chi connectivity index (χ2v) is 4.87. The van der Waals surface area contributed by atoms with Crippen molar-refractivity contribution < 1.29 is 9.53 Å². The van der Waals surface area contributed by atoms with Crippen LogP contribution in [0.5, 0.6) is 5.75 Å². The molecule has 0 amide bonds. The number of aromatic nitrogens is 3. The van der Waals surface area contributed by atoms with Crippen LogP contribution in [0.15, 0.2) is 42.7 Å². The van der Waals surface area contributed by atoms with Gasteiger partial charge < -0.3 is 9.30 Å². The Bertz CT molecular complexity index is 808. The van der Waals surface area contributed by atoms with Crippen LogP contribution in [-0.2, 0) is 13.7 Å². The largest absolute Gasteiger partial charge is 0.484 e. The minimum absolute atomic E-state index is 0.0197. The molecule has 1 heterocycles. The average molecular weight is 281 g/mol. The summed E-state index contributed by atoms with van der Waals surface area (Å²) in [6.45, 7) is 1.81. The summed E-state index contributed by atoms with van der Waals surface area (Å²) in [5.74, 6) is 1.29. The molecule has 2 aromatic carbocycles. The predicted octanol–water partition coefficient (Wildman–Crippen LogP) is 2.75. The smallest absolute Gasteiger partial charge is 0.170 e. The molecule has 0 N–H and O–H groups in total. The zero-order chi connectivity index (χ0) is 14.8. The van der Waals surface area contributed by atoms with Crippen molar-refractivity contribution in [2.45, 2.75) is 13.5 Å². The minimum atomic E-state index is -0.0197. The van der Waals surface area contributed by atoms with E-state index < -0.39 is 0 Å². The van der Waals surface area contributed by atoms with Gasteiger partial charge in [-0.25, -0.2) is 0 Å². The van der Waals surface area contributed by atoms with Gasteiger partial charge in [0.25, 0.3) is 0 Å². The number of ether oxygens (including phenoxy) is 1. The molecule has 5 nitrogen and oxygen atoms in total. The Labute approximate surface area is 122 Å². The number of Topliss-reactive ketones (excluding diaryl/α,β-unsaturated/α-hetero) is 1. The van der Waals surface area contributed by atoms with Gasteiger partial charge in [-0.1, -0.05) is 30.3 Å². The second-order valence-electron chi connectivity index (χ2n) is 4.87. The summed E-state index contributed by atoms with van der Waals surface area (Å²) in [5, 5.41) is 9.77. The van der Waals surface area contributed by atoms with Crippen molar-refractivity contribution in [1.82, 2.24) is 14.8 Å². The fourth-order valence-electron chi connectivity index (χ4n) is 2.25. The van der Waals surface area contributed by atoms with Crippen molar-refractivity contribution in [2.24, 2.45) is 7.05 Å². The Balaban J connectivity index is 2.04. The summed E-state index contributed by atoms with van der Waals surface area (Å²) in [7, 11) is 1.85. The van der Waals surface area contributed by atoms with Gasteiger partial charge in [0, 0.05) is 12.4 Å². The number of ketones is 1. The molecule has 106 valence electrons. The monoisotopic (exact) mass is 281 g/mol. The lowest BCUT2D eigenvalue weighted by molar-refractivity contribution is 0.101. The molecule has 0 aliphatic rings. The number of hydrogen-bond acceptors (Lipinski definition) is 4. The highest BCUT2D eigenvalue weighted by molar-refractivity contribution is 6.03. The van der Waals surface area contributed by atoms with E-state index in [0.717, 1.165) is 10.8 Å². The molecule has 0 fully saturated rings. The number of fused-ring (bicyclic) bond motifs is 1. The van der Waals surface area contributed by atoms with Crippen molar-refractivity contribution in [3.05, 3.63) is 54.1 Å². The Morgan fingerprint density at radius 3 is 2.76 bits per heavy atom. The van der Waals surface area contributed by atoms with E-state index in [-0.39, 0.29) is 12.4 Å². The lowest BCUT2D eigenvalue weighted by Gasteiger charge is -2.12.